The lowest BCUT2D eigenvalue weighted by Crippen LogP contribution is -2.34. The molecule has 1 N–H and O–H groups in total. The number of likely N-dealkylation sites (tertiary alicyclic amines) is 1. The molecule has 18 heavy (non-hydrogen) atoms. The second-order valence-corrected chi connectivity index (χ2v) is 6.17. The van der Waals surface area contributed by atoms with Gasteiger partial charge in [-0.25, -0.2) is 4.79 Å². The lowest BCUT2D eigenvalue weighted by Gasteiger charge is -2.25. The van der Waals surface area contributed by atoms with Gasteiger partial charge in [0, 0.05) is 24.3 Å². The van der Waals surface area contributed by atoms with Crippen LogP contribution >= 0.6 is 11.8 Å². The van der Waals surface area contributed by atoms with Crippen LogP contribution in [-0.2, 0) is 9.59 Å². The van der Waals surface area contributed by atoms with E-state index in [2.05, 4.69) is 6.92 Å². The van der Waals surface area contributed by atoms with Crippen molar-refractivity contribution in [2.75, 3.05) is 6.54 Å². The minimum Gasteiger partial charge on any atom is -0.477 e. The number of hydrogen-bond donors (Lipinski definition) is 1. The first-order chi connectivity index (χ1) is 8.61. The first kappa shape index (κ1) is 13.5. The van der Waals surface area contributed by atoms with Crippen molar-refractivity contribution in [3.05, 3.63) is 11.0 Å². The number of allylic oxidation sites excluding steroid dienone is 1. The van der Waals surface area contributed by atoms with E-state index in [1.165, 1.54) is 11.8 Å². The molecule has 5 heteroatoms. The van der Waals surface area contributed by atoms with Crippen LogP contribution in [0.1, 0.15) is 39.0 Å². The molecular weight excluding hydrogens is 250 g/mol. The van der Waals surface area contributed by atoms with E-state index in [-0.39, 0.29) is 5.91 Å². The van der Waals surface area contributed by atoms with E-state index in [0.717, 1.165) is 32.2 Å². The Morgan fingerprint density at radius 1 is 1.61 bits per heavy atom. The lowest BCUT2D eigenvalue weighted by molar-refractivity contribution is -0.132. The number of carbonyl (C=O) groups is 2. The molecule has 0 aromatic rings. The number of rotatable bonds is 5. The standard InChI is InChI=1S/C13H19NO3S/c1-2-9-3-6-12(15)14(9)8-7-10-4-5-11(18-10)13(16)17/h5,9-10H,2-4,6-8H2,1H3,(H,16,17). The summed E-state index contributed by atoms with van der Waals surface area (Å²) in [4.78, 5) is 25.0. The van der Waals surface area contributed by atoms with Gasteiger partial charge in [-0.3, -0.25) is 4.79 Å². The summed E-state index contributed by atoms with van der Waals surface area (Å²) in [6.45, 7) is 2.89. The molecule has 2 aliphatic rings. The molecule has 2 heterocycles. The highest BCUT2D eigenvalue weighted by Crippen LogP contribution is 2.35. The van der Waals surface area contributed by atoms with Crippen LogP contribution in [0.25, 0.3) is 0 Å². The predicted octanol–water partition coefficient (Wildman–Crippen LogP) is 2.25. The molecule has 1 fully saturated rings. The van der Waals surface area contributed by atoms with Gasteiger partial charge in [-0.1, -0.05) is 13.0 Å². The summed E-state index contributed by atoms with van der Waals surface area (Å²) in [5, 5.41) is 9.20. The first-order valence-electron chi connectivity index (χ1n) is 6.51. The van der Waals surface area contributed by atoms with Crippen molar-refractivity contribution in [3.63, 3.8) is 0 Å². The van der Waals surface area contributed by atoms with Gasteiger partial charge < -0.3 is 10.0 Å². The van der Waals surface area contributed by atoms with Gasteiger partial charge in [-0.05, 0) is 25.7 Å². The van der Waals surface area contributed by atoms with Crippen molar-refractivity contribution in [2.45, 2.75) is 50.3 Å². The molecule has 0 saturated carbocycles. The van der Waals surface area contributed by atoms with Crippen LogP contribution in [0.2, 0.25) is 0 Å². The topological polar surface area (TPSA) is 57.6 Å². The molecule has 0 spiro atoms. The van der Waals surface area contributed by atoms with Crippen molar-refractivity contribution in [2.24, 2.45) is 0 Å². The Kier molecular flexibility index (Phi) is 4.32. The highest BCUT2D eigenvalue weighted by molar-refractivity contribution is 8.04. The third-order valence-electron chi connectivity index (χ3n) is 3.69. The average Bonchev–Trinajstić information content (AvgIpc) is 2.93. The van der Waals surface area contributed by atoms with Crippen molar-refractivity contribution in [1.29, 1.82) is 0 Å². The molecule has 2 rings (SSSR count). The molecule has 2 unspecified atom stereocenters. The van der Waals surface area contributed by atoms with Crippen molar-refractivity contribution in [1.82, 2.24) is 4.90 Å². The van der Waals surface area contributed by atoms with E-state index in [9.17, 15) is 9.59 Å². The molecule has 0 bridgehead atoms. The SMILES string of the molecule is CCC1CCC(=O)N1CCC1CC=C(C(=O)O)S1. The van der Waals surface area contributed by atoms with Crippen molar-refractivity contribution < 1.29 is 14.7 Å². The van der Waals surface area contributed by atoms with Gasteiger partial charge in [0.05, 0.1) is 4.91 Å². The van der Waals surface area contributed by atoms with Crippen molar-refractivity contribution >= 4 is 23.6 Å². The Morgan fingerprint density at radius 2 is 2.39 bits per heavy atom. The summed E-state index contributed by atoms with van der Waals surface area (Å²) >= 11 is 1.44. The van der Waals surface area contributed by atoms with Crippen LogP contribution < -0.4 is 0 Å². The normalized spacial score (nSPS) is 27.7. The molecule has 2 aliphatic heterocycles. The number of aliphatic carboxylic acids is 1. The third kappa shape index (κ3) is 2.88. The average molecular weight is 269 g/mol. The molecule has 2 atom stereocenters. The number of carboxylic acids is 1. The van der Waals surface area contributed by atoms with Gasteiger partial charge in [0.15, 0.2) is 0 Å². The fourth-order valence-electron chi connectivity index (χ4n) is 2.64. The van der Waals surface area contributed by atoms with E-state index in [1.807, 2.05) is 4.90 Å². The van der Waals surface area contributed by atoms with E-state index >= 15 is 0 Å². The minimum atomic E-state index is -0.828. The second-order valence-electron chi connectivity index (χ2n) is 4.83. The second kappa shape index (κ2) is 5.78. The van der Waals surface area contributed by atoms with Crippen LogP contribution in [0.4, 0.5) is 0 Å². The summed E-state index contributed by atoms with van der Waals surface area (Å²) in [6, 6.07) is 0.399. The van der Waals surface area contributed by atoms with E-state index in [1.54, 1.807) is 6.08 Å². The quantitative estimate of drug-likeness (QED) is 0.831. The molecule has 0 aliphatic carbocycles. The van der Waals surface area contributed by atoms with Crippen LogP contribution in [0, 0.1) is 0 Å². The summed E-state index contributed by atoms with van der Waals surface area (Å²) in [5.74, 6) is -0.567. The zero-order chi connectivity index (χ0) is 13.1. The Hall–Kier alpha value is -0.970. The monoisotopic (exact) mass is 269 g/mol. The summed E-state index contributed by atoms with van der Waals surface area (Å²) in [6.07, 6.45) is 6.16. The van der Waals surface area contributed by atoms with Gasteiger partial charge in [0.25, 0.3) is 0 Å². The zero-order valence-electron chi connectivity index (χ0n) is 10.6. The third-order valence-corrected chi connectivity index (χ3v) is 5.04. The highest BCUT2D eigenvalue weighted by atomic mass is 32.2. The number of amides is 1. The summed E-state index contributed by atoms with van der Waals surface area (Å²) in [7, 11) is 0. The van der Waals surface area contributed by atoms with Crippen LogP contribution in [0.15, 0.2) is 11.0 Å². The summed E-state index contributed by atoms with van der Waals surface area (Å²) in [5.41, 5.74) is 0. The van der Waals surface area contributed by atoms with E-state index < -0.39 is 5.97 Å². The molecule has 100 valence electrons. The molecular formula is C13H19NO3S. The Morgan fingerprint density at radius 3 is 3.00 bits per heavy atom. The Bertz CT molecular complexity index is 380. The first-order valence-corrected chi connectivity index (χ1v) is 7.39. The molecule has 1 saturated heterocycles. The maximum absolute atomic E-state index is 11.7. The number of carboxylic acid groups (broad SMARTS) is 1. The Balaban J connectivity index is 1.79. The number of nitrogens with zero attached hydrogens (tertiary/aromatic N) is 1. The predicted molar refractivity (Wildman–Crippen MR) is 71.4 cm³/mol. The number of carbonyl (C=O) groups excluding carboxylic acids is 1. The largest absolute Gasteiger partial charge is 0.477 e. The van der Waals surface area contributed by atoms with Gasteiger partial charge in [0.1, 0.15) is 0 Å². The van der Waals surface area contributed by atoms with Crippen LogP contribution in [0.5, 0.6) is 0 Å². The van der Waals surface area contributed by atoms with E-state index in [0.29, 0.717) is 22.6 Å². The molecule has 4 nitrogen and oxygen atoms in total. The fraction of sp³-hybridized carbons (Fsp3) is 0.692. The molecule has 1 amide bonds. The molecule has 0 aromatic carbocycles. The van der Waals surface area contributed by atoms with E-state index in [4.69, 9.17) is 5.11 Å². The maximum Gasteiger partial charge on any atom is 0.341 e. The smallest absolute Gasteiger partial charge is 0.341 e. The minimum absolute atomic E-state index is 0.260. The van der Waals surface area contributed by atoms with Gasteiger partial charge >= 0.3 is 5.97 Å². The number of hydrogen-bond acceptors (Lipinski definition) is 3. The van der Waals surface area contributed by atoms with Gasteiger partial charge in [-0.15, -0.1) is 11.8 Å². The zero-order valence-corrected chi connectivity index (χ0v) is 11.4. The highest BCUT2D eigenvalue weighted by Gasteiger charge is 2.30. The van der Waals surface area contributed by atoms with Crippen LogP contribution in [-0.4, -0.2) is 39.7 Å². The van der Waals surface area contributed by atoms with Gasteiger partial charge in [0.2, 0.25) is 5.91 Å². The molecule has 0 aromatic heterocycles. The molecule has 0 radical (unpaired) electrons. The number of thioether (sulfide) groups is 1. The maximum atomic E-state index is 11.7. The summed E-state index contributed by atoms with van der Waals surface area (Å²) < 4.78 is 0. The lowest BCUT2D eigenvalue weighted by atomic mass is 10.1. The van der Waals surface area contributed by atoms with Crippen LogP contribution in [0.3, 0.4) is 0 Å². The fourth-order valence-corrected chi connectivity index (χ4v) is 3.70. The van der Waals surface area contributed by atoms with Crippen molar-refractivity contribution in [3.8, 4) is 0 Å². The van der Waals surface area contributed by atoms with Gasteiger partial charge in [-0.2, -0.15) is 0 Å². The Labute approximate surface area is 111 Å².